The molecule has 2 unspecified atom stereocenters. The van der Waals surface area contributed by atoms with Gasteiger partial charge in [-0.05, 0) is 48.6 Å². The molecule has 5 rings (SSSR count). The first-order valence-corrected chi connectivity index (χ1v) is 14.1. The van der Waals surface area contributed by atoms with Crippen LogP contribution in [0.4, 0.5) is 5.69 Å². The van der Waals surface area contributed by atoms with E-state index in [1.807, 2.05) is 44.2 Å². The van der Waals surface area contributed by atoms with Crippen molar-refractivity contribution in [3.05, 3.63) is 60.2 Å². The summed E-state index contributed by atoms with van der Waals surface area (Å²) in [6, 6.07) is 15.4. The predicted octanol–water partition coefficient (Wildman–Crippen LogP) is 3.06. The fraction of sp³-hybridized carbons (Fsp3) is 0.483. The molecule has 3 N–H and O–H groups in total. The Morgan fingerprint density at radius 2 is 1.84 bits per heavy atom. The summed E-state index contributed by atoms with van der Waals surface area (Å²) in [6.07, 6.45) is 1.44. The molecule has 3 amide bonds. The molecule has 3 fully saturated rings. The molecule has 2 aromatic rings. The lowest BCUT2D eigenvalue weighted by Gasteiger charge is -2.38. The van der Waals surface area contributed by atoms with E-state index in [4.69, 9.17) is 4.74 Å². The number of thioether (sulfide) groups is 1. The van der Waals surface area contributed by atoms with Crippen LogP contribution in [0.15, 0.2) is 54.6 Å². The number of anilines is 1. The number of amides is 3. The molecule has 202 valence electrons. The fourth-order valence-electron chi connectivity index (χ4n) is 6.46. The van der Waals surface area contributed by atoms with Gasteiger partial charge in [0.2, 0.25) is 17.7 Å². The summed E-state index contributed by atoms with van der Waals surface area (Å²) in [4.78, 5) is 43.2. The van der Waals surface area contributed by atoms with Crippen LogP contribution in [0.25, 0.3) is 0 Å². The van der Waals surface area contributed by atoms with Crippen molar-refractivity contribution in [1.82, 2.24) is 10.2 Å². The Bertz CT molecular complexity index is 1190. The molecule has 0 aliphatic carbocycles. The first-order valence-electron chi connectivity index (χ1n) is 13.2. The van der Waals surface area contributed by atoms with Crippen molar-refractivity contribution in [3.8, 4) is 5.75 Å². The lowest BCUT2D eigenvalue weighted by Crippen LogP contribution is -2.56. The number of likely N-dealkylation sites (tertiary alicyclic amines) is 1. The van der Waals surface area contributed by atoms with Crippen LogP contribution in [-0.2, 0) is 20.9 Å². The summed E-state index contributed by atoms with van der Waals surface area (Å²) in [5.41, 5.74) is 1.59. The summed E-state index contributed by atoms with van der Waals surface area (Å²) in [5, 5.41) is 16.3. The van der Waals surface area contributed by atoms with Gasteiger partial charge in [0.15, 0.2) is 0 Å². The molecule has 3 aliphatic heterocycles. The molecule has 0 aromatic heterocycles. The highest BCUT2D eigenvalue weighted by molar-refractivity contribution is 8.02. The van der Waals surface area contributed by atoms with Gasteiger partial charge in [-0.1, -0.05) is 44.2 Å². The molecule has 3 saturated heterocycles. The van der Waals surface area contributed by atoms with E-state index in [0.717, 1.165) is 12.0 Å². The fourth-order valence-corrected chi connectivity index (χ4v) is 8.66. The number of nitrogens with one attached hydrogen (secondary N) is 2. The SMILES string of the molecule is COc1ccc(NC(=O)C2N([C@@H](CO)C(C)C)C(=O)[C@@H]3[C@@H](C(=O)NCc4ccccc4)[C@H]4CCC23S4)cc1. The van der Waals surface area contributed by atoms with Gasteiger partial charge in [-0.2, -0.15) is 0 Å². The minimum Gasteiger partial charge on any atom is -0.497 e. The Balaban J connectivity index is 1.45. The number of hydrogen-bond acceptors (Lipinski definition) is 6. The van der Waals surface area contributed by atoms with E-state index < -0.39 is 28.7 Å². The Labute approximate surface area is 227 Å². The number of methoxy groups -OCH3 is 1. The second-order valence-corrected chi connectivity index (χ2v) is 12.3. The molecule has 0 saturated carbocycles. The highest BCUT2D eigenvalue weighted by atomic mass is 32.2. The zero-order valence-electron chi connectivity index (χ0n) is 21.9. The molecule has 0 radical (unpaired) electrons. The van der Waals surface area contributed by atoms with Crippen LogP contribution in [-0.4, -0.2) is 63.5 Å². The zero-order chi connectivity index (χ0) is 27.0. The van der Waals surface area contributed by atoms with Crippen molar-refractivity contribution in [2.45, 2.75) is 55.3 Å². The number of nitrogens with zero attached hydrogens (tertiary/aromatic N) is 1. The Morgan fingerprint density at radius 3 is 2.47 bits per heavy atom. The maximum Gasteiger partial charge on any atom is 0.248 e. The Hall–Kier alpha value is -3.04. The zero-order valence-corrected chi connectivity index (χ0v) is 22.7. The van der Waals surface area contributed by atoms with E-state index in [1.54, 1.807) is 48.0 Å². The topological polar surface area (TPSA) is 108 Å². The third-order valence-corrected chi connectivity index (χ3v) is 10.2. The van der Waals surface area contributed by atoms with E-state index in [0.29, 0.717) is 24.4 Å². The number of rotatable bonds is 9. The van der Waals surface area contributed by atoms with Gasteiger partial charge in [0, 0.05) is 17.5 Å². The highest BCUT2D eigenvalue weighted by Crippen LogP contribution is 2.66. The molecule has 6 atom stereocenters. The summed E-state index contributed by atoms with van der Waals surface area (Å²) < 4.78 is 4.51. The van der Waals surface area contributed by atoms with Crippen molar-refractivity contribution in [1.29, 1.82) is 0 Å². The maximum atomic E-state index is 14.1. The van der Waals surface area contributed by atoms with Gasteiger partial charge in [-0.3, -0.25) is 14.4 Å². The lowest BCUT2D eigenvalue weighted by molar-refractivity contribution is -0.143. The average molecular weight is 538 g/mol. The van der Waals surface area contributed by atoms with Gasteiger partial charge in [0.25, 0.3) is 0 Å². The molecule has 2 bridgehead atoms. The molecule has 3 aliphatic rings. The van der Waals surface area contributed by atoms with E-state index in [1.165, 1.54) is 0 Å². The Morgan fingerprint density at radius 1 is 1.13 bits per heavy atom. The first kappa shape index (κ1) is 26.6. The van der Waals surface area contributed by atoms with Crippen LogP contribution in [0.1, 0.15) is 32.3 Å². The molecule has 38 heavy (non-hydrogen) atoms. The maximum absolute atomic E-state index is 14.1. The molecule has 9 heteroatoms. The number of carbonyl (C=O) groups excluding carboxylic acids is 3. The number of carbonyl (C=O) groups is 3. The van der Waals surface area contributed by atoms with Crippen LogP contribution >= 0.6 is 11.8 Å². The number of fused-ring (bicyclic) bond motifs is 1. The number of aliphatic hydroxyl groups is 1. The molecule has 3 heterocycles. The third-order valence-electron chi connectivity index (χ3n) is 8.27. The smallest absolute Gasteiger partial charge is 0.248 e. The van der Waals surface area contributed by atoms with Crippen LogP contribution in [0.5, 0.6) is 5.75 Å². The average Bonchev–Trinajstić information content (AvgIpc) is 3.56. The normalized spacial score (nSPS) is 28.3. The third kappa shape index (κ3) is 4.45. The molecule has 2 aromatic carbocycles. The van der Waals surface area contributed by atoms with Crippen molar-refractivity contribution in [3.63, 3.8) is 0 Å². The van der Waals surface area contributed by atoms with Crippen molar-refractivity contribution < 1.29 is 24.2 Å². The second kappa shape index (κ2) is 10.6. The minimum absolute atomic E-state index is 0.0233. The van der Waals surface area contributed by atoms with Gasteiger partial charge in [0.05, 0.1) is 36.3 Å². The first-order chi connectivity index (χ1) is 18.3. The Kier molecular flexibility index (Phi) is 7.42. The van der Waals surface area contributed by atoms with Crippen molar-refractivity contribution >= 4 is 35.2 Å². The quantitative estimate of drug-likeness (QED) is 0.454. The summed E-state index contributed by atoms with van der Waals surface area (Å²) >= 11 is 1.62. The number of ether oxygens (including phenoxy) is 1. The van der Waals surface area contributed by atoms with Gasteiger partial charge in [0.1, 0.15) is 11.8 Å². The van der Waals surface area contributed by atoms with Gasteiger partial charge < -0.3 is 25.4 Å². The van der Waals surface area contributed by atoms with Crippen LogP contribution in [0, 0.1) is 17.8 Å². The number of aliphatic hydroxyl groups excluding tert-OH is 1. The van der Waals surface area contributed by atoms with E-state index in [9.17, 15) is 19.5 Å². The van der Waals surface area contributed by atoms with E-state index in [2.05, 4.69) is 10.6 Å². The molecule has 1 spiro atoms. The largest absolute Gasteiger partial charge is 0.497 e. The highest BCUT2D eigenvalue weighted by Gasteiger charge is 2.74. The van der Waals surface area contributed by atoms with Crippen molar-refractivity contribution in [2.24, 2.45) is 17.8 Å². The van der Waals surface area contributed by atoms with Gasteiger partial charge in [-0.15, -0.1) is 11.8 Å². The number of hydrogen-bond donors (Lipinski definition) is 3. The monoisotopic (exact) mass is 537 g/mol. The molecular formula is C29H35N3O5S. The van der Waals surface area contributed by atoms with Crippen LogP contribution < -0.4 is 15.4 Å². The lowest BCUT2D eigenvalue weighted by atomic mass is 9.70. The van der Waals surface area contributed by atoms with Crippen molar-refractivity contribution in [2.75, 3.05) is 19.0 Å². The molecule has 8 nitrogen and oxygen atoms in total. The van der Waals surface area contributed by atoms with E-state index >= 15 is 0 Å². The van der Waals surface area contributed by atoms with Crippen LogP contribution in [0.3, 0.4) is 0 Å². The van der Waals surface area contributed by atoms with Gasteiger partial charge >= 0.3 is 0 Å². The summed E-state index contributed by atoms with van der Waals surface area (Å²) in [7, 11) is 1.58. The van der Waals surface area contributed by atoms with E-state index in [-0.39, 0.29) is 35.5 Å². The number of benzene rings is 2. The standard InChI is InChI=1S/C29H35N3O5S/c1-17(2)21(16-33)32-25(27(35)31-19-9-11-20(37-3)12-10-19)29-14-13-22(38-29)23(24(29)28(32)36)26(34)30-15-18-7-5-4-6-8-18/h4-12,17,21-25,33H,13-16H2,1-3H3,(H,30,34)(H,31,35)/t21-,22+,23-,24-,25?,29?/m0/s1. The predicted molar refractivity (Wildman–Crippen MR) is 147 cm³/mol. The van der Waals surface area contributed by atoms with Crippen LogP contribution in [0.2, 0.25) is 0 Å². The minimum atomic E-state index is -0.788. The van der Waals surface area contributed by atoms with Gasteiger partial charge in [-0.25, -0.2) is 0 Å². The summed E-state index contributed by atoms with van der Waals surface area (Å²) in [6.45, 7) is 4.01. The second-order valence-electron chi connectivity index (χ2n) is 10.7. The molecular weight excluding hydrogens is 502 g/mol. The summed E-state index contributed by atoms with van der Waals surface area (Å²) in [5.74, 6) is -1.16.